The van der Waals surface area contributed by atoms with Crippen LogP contribution in [0.2, 0.25) is 5.02 Å². The molecule has 0 radical (unpaired) electrons. The number of nitrogens with zero attached hydrogens (tertiary/aromatic N) is 3. The minimum atomic E-state index is 0.525. The molecule has 13 heavy (non-hydrogen) atoms. The number of nitrogens with two attached hydrogens (primary N) is 1. The Hall–Kier alpha value is -1.07. The van der Waals surface area contributed by atoms with Crippen molar-refractivity contribution in [3.8, 4) is 11.4 Å². The van der Waals surface area contributed by atoms with Gasteiger partial charge in [0.2, 0.25) is 0 Å². The first-order valence-corrected chi connectivity index (χ1v) is 4.83. The minimum Gasteiger partial charge on any atom is -0.375 e. The van der Waals surface area contributed by atoms with E-state index in [1.165, 1.54) is 11.3 Å². The van der Waals surface area contributed by atoms with Crippen LogP contribution in [0.3, 0.4) is 0 Å². The summed E-state index contributed by atoms with van der Waals surface area (Å²) in [6, 6.07) is 0. The zero-order valence-corrected chi connectivity index (χ0v) is 8.43. The van der Waals surface area contributed by atoms with E-state index in [0.29, 0.717) is 15.8 Å². The summed E-state index contributed by atoms with van der Waals surface area (Å²) in [4.78, 5) is 4.09. The van der Waals surface area contributed by atoms with Crippen molar-refractivity contribution in [2.45, 2.75) is 0 Å². The highest BCUT2D eigenvalue weighted by Gasteiger charge is 2.10. The van der Waals surface area contributed by atoms with Crippen LogP contribution in [0.5, 0.6) is 0 Å². The van der Waals surface area contributed by atoms with Crippen molar-refractivity contribution in [3.05, 3.63) is 16.6 Å². The van der Waals surface area contributed by atoms with Crippen LogP contribution in [0, 0.1) is 0 Å². The van der Waals surface area contributed by atoms with E-state index in [2.05, 4.69) is 10.1 Å². The topological polar surface area (TPSA) is 56.7 Å². The fourth-order valence-electron chi connectivity index (χ4n) is 1.03. The summed E-state index contributed by atoms with van der Waals surface area (Å²) in [5, 5.41) is 7.12. The molecule has 0 bridgehead atoms. The Morgan fingerprint density at radius 2 is 2.38 bits per heavy atom. The SMILES string of the molecule is Cn1cc(Cl)c(-c2csc(N)n2)n1. The zero-order valence-electron chi connectivity index (χ0n) is 6.86. The first-order chi connectivity index (χ1) is 6.16. The van der Waals surface area contributed by atoms with Gasteiger partial charge in [0.15, 0.2) is 5.13 Å². The molecule has 2 aromatic heterocycles. The highest BCUT2D eigenvalue weighted by Crippen LogP contribution is 2.27. The van der Waals surface area contributed by atoms with E-state index in [9.17, 15) is 0 Å². The summed E-state index contributed by atoms with van der Waals surface area (Å²) in [5.41, 5.74) is 6.91. The lowest BCUT2D eigenvalue weighted by atomic mass is 10.3. The van der Waals surface area contributed by atoms with Crippen LogP contribution in [0.1, 0.15) is 0 Å². The summed E-state index contributed by atoms with van der Waals surface area (Å²) < 4.78 is 1.65. The van der Waals surface area contributed by atoms with E-state index in [4.69, 9.17) is 17.3 Å². The Labute approximate surface area is 84.0 Å². The molecule has 0 fully saturated rings. The fourth-order valence-corrected chi connectivity index (χ4v) is 1.85. The first-order valence-electron chi connectivity index (χ1n) is 3.57. The Morgan fingerprint density at radius 1 is 1.62 bits per heavy atom. The lowest BCUT2D eigenvalue weighted by Crippen LogP contribution is -1.88. The molecule has 0 aliphatic heterocycles. The number of hydrogen-bond donors (Lipinski definition) is 1. The van der Waals surface area contributed by atoms with Gasteiger partial charge in [0.05, 0.1) is 5.02 Å². The lowest BCUT2D eigenvalue weighted by molar-refractivity contribution is 0.770. The molecule has 2 rings (SSSR count). The van der Waals surface area contributed by atoms with Gasteiger partial charge in [0.25, 0.3) is 0 Å². The molecular weight excluding hydrogens is 208 g/mol. The van der Waals surface area contributed by atoms with Crippen molar-refractivity contribution in [1.29, 1.82) is 0 Å². The smallest absolute Gasteiger partial charge is 0.180 e. The van der Waals surface area contributed by atoms with E-state index in [-0.39, 0.29) is 0 Å². The molecule has 0 saturated carbocycles. The van der Waals surface area contributed by atoms with E-state index >= 15 is 0 Å². The van der Waals surface area contributed by atoms with Crippen molar-refractivity contribution >= 4 is 28.1 Å². The molecule has 0 unspecified atom stereocenters. The van der Waals surface area contributed by atoms with Crippen LogP contribution in [-0.2, 0) is 7.05 Å². The van der Waals surface area contributed by atoms with Gasteiger partial charge in [-0.25, -0.2) is 4.98 Å². The largest absolute Gasteiger partial charge is 0.375 e. The maximum Gasteiger partial charge on any atom is 0.180 e. The molecule has 0 aromatic carbocycles. The zero-order chi connectivity index (χ0) is 9.42. The normalized spacial score (nSPS) is 10.6. The molecular formula is C7H7ClN4S. The minimum absolute atomic E-state index is 0.525. The van der Waals surface area contributed by atoms with Crippen molar-refractivity contribution in [2.75, 3.05) is 5.73 Å². The van der Waals surface area contributed by atoms with Crippen LogP contribution in [0.4, 0.5) is 5.13 Å². The molecule has 2 N–H and O–H groups in total. The molecule has 0 spiro atoms. The second-order valence-electron chi connectivity index (χ2n) is 2.57. The van der Waals surface area contributed by atoms with Gasteiger partial charge in [-0.15, -0.1) is 11.3 Å². The average Bonchev–Trinajstić information content (AvgIpc) is 2.58. The highest BCUT2D eigenvalue weighted by atomic mass is 35.5. The van der Waals surface area contributed by atoms with Crippen LogP contribution in [-0.4, -0.2) is 14.8 Å². The van der Waals surface area contributed by atoms with Crippen molar-refractivity contribution in [2.24, 2.45) is 7.05 Å². The molecule has 0 aliphatic rings. The standard InChI is InChI=1S/C7H7ClN4S/c1-12-2-4(8)6(11-12)5-3-13-7(9)10-5/h2-3H,1H3,(H2,9,10). The summed E-state index contributed by atoms with van der Waals surface area (Å²) in [6.07, 6.45) is 1.73. The number of rotatable bonds is 1. The number of anilines is 1. The van der Waals surface area contributed by atoms with Gasteiger partial charge in [-0.2, -0.15) is 5.10 Å². The maximum absolute atomic E-state index is 5.93. The molecule has 2 aromatic rings. The van der Waals surface area contributed by atoms with Gasteiger partial charge < -0.3 is 5.73 Å². The number of aryl methyl sites for hydroxylation is 1. The van der Waals surface area contributed by atoms with Crippen LogP contribution >= 0.6 is 22.9 Å². The number of aromatic nitrogens is 3. The number of nitrogen functional groups attached to an aromatic ring is 1. The summed E-state index contributed by atoms with van der Waals surface area (Å²) in [7, 11) is 1.81. The summed E-state index contributed by atoms with van der Waals surface area (Å²) in [5.74, 6) is 0. The summed E-state index contributed by atoms with van der Waals surface area (Å²) >= 11 is 7.31. The molecule has 4 nitrogen and oxygen atoms in total. The monoisotopic (exact) mass is 214 g/mol. The third kappa shape index (κ3) is 1.52. The van der Waals surface area contributed by atoms with Crippen LogP contribution in [0.25, 0.3) is 11.4 Å². The Bertz CT molecular complexity index is 433. The van der Waals surface area contributed by atoms with Crippen LogP contribution < -0.4 is 5.73 Å². The first kappa shape index (κ1) is 8.52. The second kappa shape index (κ2) is 3.01. The molecule has 0 amide bonds. The van der Waals surface area contributed by atoms with Crippen molar-refractivity contribution in [1.82, 2.24) is 14.8 Å². The van der Waals surface area contributed by atoms with Gasteiger partial charge in [-0.05, 0) is 0 Å². The lowest BCUT2D eigenvalue weighted by Gasteiger charge is -1.88. The number of thiazole rings is 1. The predicted octanol–water partition coefficient (Wildman–Crippen LogP) is 1.78. The Kier molecular flexibility index (Phi) is 1.97. The van der Waals surface area contributed by atoms with Gasteiger partial charge in [-0.1, -0.05) is 11.6 Å². The number of halogens is 1. The highest BCUT2D eigenvalue weighted by molar-refractivity contribution is 7.13. The third-order valence-electron chi connectivity index (χ3n) is 1.55. The molecule has 0 aliphatic carbocycles. The van der Waals surface area contributed by atoms with E-state index in [0.717, 1.165) is 5.69 Å². The van der Waals surface area contributed by atoms with Crippen LogP contribution in [0.15, 0.2) is 11.6 Å². The molecule has 2 heterocycles. The van der Waals surface area contributed by atoms with Crippen molar-refractivity contribution < 1.29 is 0 Å². The average molecular weight is 215 g/mol. The van der Waals surface area contributed by atoms with Crippen molar-refractivity contribution in [3.63, 3.8) is 0 Å². The predicted molar refractivity (Wildman–Crippen MR) is 53.7 cm³/mol. The van der Waals surface area contributed by atoms with Gasteiger partial charge in [-0.3, -0.25) is 4.68 Å². The fraction of sp³-hybridized carbons (Fsp3) is 0.143. The van der Waals surface area contributed by atoms with Gasteiger partial charge >= 0.3 is 0 Å². The molecule has 0 atom stereocenters. The van der Waals surface area contributed by atoms with E-state index in [1.54, 1.807) is 10.9 Å². The molecule has 0 saturated heterocycles. The molecule has 68 valence electrons. The summed E-state index contributed by atoms with van der Waals surface area (Å²) in [6.45, 7) is 0. The van der Waals surface area contributed by atoms with E-state index < -0.39 is 0 Å². The van der Waals surface area contributed by atoms with Gasteiger partial charge in [0, 0.05) is 18.6 Å². The number of hydrogen-bond acceptors (Lipinski definition) is 4. The van der Waals surface area contributed by atoms with Gasteiger partial charge in [0.1, 0.15) is 11.4 Å². The van der Waals surface area contributed by atoms with E-state index in [1.807, 2.05) is 12.4 Å². The Balaban J connectivity index is 2.51. The second-order valence-corrected chi connectivity index (χ2v) is 3.87. The molecule has 6 heteroatoms. The maximum atomic E-state index is 5.93. The third-order valence-corrected chi connectivity index (χ3v) is 2.50. The Morgan fingerprint density at radius 3 is 2.85 bits per heavy atom. The quantitative estimate of drug-likeness (QED) is 0.787.